The Morgan fingerprint density at radius 1 is 1.57 bits per heavy atom. The number of imidazole rings is 1. The molecular formula is C7H6N6S. The fourth-order valence-electron chi connectivity index (χ4n) is 1.20. The zero-order valence-electron chi connectivity index (χ0n) is 7.27. The van der Waals surface area contributed by atoms with Gasteiger partial charge in [-0.3, -0.25) is 0 Å². The number of aromatic amines is 1. The average Bonchev–Trinajstić information content (AvgIpc) is 2.44. The molecule has 2 aromatic heterocycles. The van der Waals surface area contributed by atoms with Gasteiger partial charge in [0.15, 0.2) is 10.6 Å². The number of nitrogens with two attached hydrogens (primary N) is 1. The van der Waals surface area contributed by atoms with Crippen LogP contribution in [0, 0.1) is 16.0 Å². The van der Waals surface area contributed by atoms with E-state index in [-0.39, 0.29) is 11.8 Å². The molecule has 0 radical (unpaired) electrons. The second kappa shape index (κ2) is 2.78. The van der Waals surface area contributed by atoms with Crippen molar-refractivity contribution in [2.24, 2.45) is 7.05 Å². The lowest BCUT2D eigenvalue weighted by molar-refractivity contribution is 0.905. The smallest absolute Gasteiger partial charge is 0.214 e. The highest BCUT2D eigenvalue weighted by atomic mass is 32.1. The number of nitrogens with one attached hydrogen (secondary N) is 1. The van der Waals surface area contributed by atoms with Crippen molar-refractivity contribution in [1.29, 1.82) is 5.26 Å². The van der Waals surface area contributed by atoms with Crippen molar-refractivity contribution in [3.63, 3.8) is 0 Å². The lowest BCUT2D eigenvalue weighted by Crippen LogP contribution is -1.98. The number of aromatic nitrogens is 4. The lowest BCUT2D eigenvalue weighted by Gasteiger charge is -1.96. The van der Waals surface area contributed by atoms with Crippen LogP contribution in [0.3, 0.4) is 0 Å². The Bertz CT molecular complexity index is 601. The van der Waals surface area contributed by atoms with Crippen LogP contribution in [0.1, 0.15) is 5.82 Å². The first-order chi connectivity index (χ1) is 6.63. The van der Waals surface area contributed by atoms with E-state index in [0.29, 0.717) is 15.8 Å². The van der Waals surface area contributed by atoms with Gasteiger partial charge in [-0.25, -0.2) is 9.97 Å². The molecule has 0 aliphatic carbocycles. The molecule has 3 N–H and O–H groups in total. The van der Waals surface area contributed by atoms with E-state index < -0.39 is 0 Å². The minimum Gasteiger partial charge on any atom is -0.369 e. The van der Waals surface area contributed by atoms with Gasteiger partial charge in [0.05, 0.1) is 0 Å². The normalized spacial score (nSPS) is 10.3. The van der Waals surface area contributed by atoms with Crippen molar-refractivity contribution in [1.82, 2.24) is 19.5 Å². The van der Waals surface area contributed by atoms with E-state index in [1.54, 1.807) is 11.6 Å². The first kappa shape index (κ1) is 8.65. The predicted octanol–water partition coefficient (Wildman–Crippen LogP) is 0.480. The summed E-state index contributed by atoms with van der Waals surface area (Å²) in [6.07, 6.45) is 0. The van der Waals surface area contributed by atoms with E-state index in [2.05, 4.69) is 15.0 Å². The number of nitriles is 1. The second-order valence-electron chi connectivity index (χ2n) is 2.73. The molecule has 2 heterocycles. The van der Waals surface area contributed by atoms with E-state index in [1.807, 2.05) is 6.07 Å². The summed E-state index contributed by atoms with van der Waals surface area (Å²) in [5.41, 5.74) is 6.59. The van der Waals surface area contributed by atoms with Gasteiger partial charge >= 0.3 is 0 Å². The third-order valence-electron chi connectivity index (χ3n) is 1.87. The molecule has 2 rings (SSSR count). The van der Waals surface area contributed by atoms with Gasteiger partial charge in [0, 0.05) is 7.05 Å². The molecule has 0 saturated heterocycles. The number of hydrogen-bond donors (Lipinski definition) is 2. The molecular weight excluding hydrogens is 200 g/mol. The van der Waals surface area contributed by atoms with Gasteiger partial charge in [-0.15, -0.1) is 0 Å². The fourth-order valence-corrected chi connectivity index (χ4v) is 1.44. The highest BCUT2D eigenvalue weighted by Crippen LogP contribution is 2.13. The number of nitrogens with zero attached hydrogens (tertiary/aromatic N) is 4. The lowest BCUT2D eigenvalue weighted by atomic mass is 10.5. The van der Waals surface area contributed by atoms with Crippen LogP contribution in [0.4, 0.5) is 5.95 Å². The largest absolute Gasteiger partial charge is 0.369 e. The van der Waals surface area contributed by atoms with Crippen LogP contribution in [0.15, 0.2) is 0 Å². The van der Waals surface area contributed by atoms with Crippen molar-refractivity contribution in [2.75, 3.05) is 5.73 Å². The molecule has 6 nitrogen and oxygen atoms in total. The minimum absolute atomic E-state index is 0.218. The van der Waals surface area contributed by atoms with Gasteiger partial charge in [-0.05, 0) is 0 Å². The maximum absolute atomic E-state index is 8.75. The minimum atomic E-state index is 0.218. The number of anilines is 1. The molecule has 70 valence electrons. The number of hydrogen-bond acceptors (Lipinski definition) is 5. The molecule has 0 spiro atoms. The molecule has 14 heavy (non-hydrogen) atoms. The monoisotopic (exact) mass is 206 g/mol. The zero-order valence-corrected chi connectivity index (χ0v) is 8.09. The third kappa shape index (κ3) is 1.05. The Labute approximate surface area is 84.0 Å². The molecule has 0 saturated carbocycles. The molecule has 0 unspecified atom stereocenters. The van der Waals surface area contributed by atoms with Gasteiger partial charge in [0.2, 0.25) is 5.82 Å². The van der Waals surface area contributed by atoms with Gasteiger partial charge in [0.25, 0.3) is 0 Å². The Morgan fingerprint density at radius 2 is 2.29 bits per heavy atom. The van der Waals surface area contributed by atoms with E-state index in [1.165, 1.54) is 0 Å². The molecule has 0 atom stereocenters. The third-order valence-corrected chi connectivity index (χ3v) is 2.15. The van der Waals surface area contributed by atoms with Gasteiger partial charge in [-0.1, -0.05) is 12.2 Å². The van der Waals surface area contributed by atoms with E-state index in [9.17, 15) is 0 Å². The average molecular weight is 206 g/mol. The van der Waals surface area contributed by atoms with Crippen LogP contribution in [-0.2, 0) is 7.05 Å². The van der Waals surface area contributed by atoms with E-state index in [0.717, 1.165) is 0 Å². The maximum Gasteiger partial charge on any atom is 0.214 e. The highest BCUT2D eigenvalue weighted by molar-refractivity contribution is 7.71. The van der Waals surface area contributed by atoms with Gasteiger partial charge < -0.3 is 15.3 Å². The maximum atomic E-state index is 8.75. The number of fused-ring (bicyclic) bond motifs is 1. The Balaban J connectivity index is 3.01. The Kier molecular flexibility index (Phi) is 1.72. The summed E-state index contributed by atoms with van der Waals surface area (Å²) in [5.74, 6) is 0.490. The molecule has 0 fully saturated rings. The van der Waals surface area contributed by atoms with Gasteiger partial charge in [0.1, 0.15) is 17.2 Å². The summed E-state index contributed by atoms with van der Waals surface area (Å²) in [6, 6.07) is 1.95. The van der Waals surface area contributed by atoms with Crippen LogP contribution in [0.25, 0.3) is 11.2 Å². The fraction of sp³-hybridized carbons (Fsp3) is 0.143. The molecule has 0 amide bonds. The Hall–Kier alpha value is -1.94. The van der Waals surface area contributed by atoms with Crippen molar-refractivity contribution in [3.8, 4) is 6.07 Å². The number of aryl methyl sites for hydroxylation is 1. The highest BCUT2D eigenvalue weighted by Gasteiger charge is 2.09. The van der Waals surface area contributed by atoms with Crippen molar-refractivity contribution in [3.05, 3.63) is 10.5 Å². The molecule has 0 bridgehead atoms. The summed E-state index contributed by atoms with van der Waals surface area (Å²) >= 11 is 4.97. The van der Waals surface area contributed by atoms with Crippen molar-refractivity contribution >= 4 is 29.3 Å². The number of rotatable bonds is 0. The molecule has 2 aromatic rings. The van der Waals surface area contributed by atoms with Crippen molar-refractivity contribution < 1.29 is 0 Å². The topological polar surface area (TPSA) is 96.3 Å². The summed E-state index contributed by atoms with van der Waals surface area (Å²) in [6.45, 7) is 0. The molecule has 0 aliphatic heterocycles. The first-order valence-corrected chi connectivity index (χ1v) is 4.16. The quantitative estimate of drug-likeness (QED) is 0.611. The summed E-state index contributed by atoms with van der Waals surface area (Å²) in [5, 5.41) is 8.75. The van der Waals surface area contributed by atoms with Crippen LogP contribution in [-0.4, -0.2) is 19.5 Å². The predicted molar refractivity (Wildman–Crippen MR) is 52.8 cm³/mol. The SMILES string of the molecule is Cn1c(C#N)nc2c(=S)nc(N)[nH]c21. The second-order valence-corrected chi connectivity index (χ2v) is 3.12. The summed E-state index contributed by atoms with van der Waals surface area (Å²) in [7, 11) is 1.71. The number of nitrogen functional groups attached to an aromatic ring is 1. The van der Waals surface area contributed by atoms with E-state index in [4.69, 9.17) is 23.2 Å². The summed E-state index contributed by atoms with van der Waals surface area (Å²) < 4.78 is 1.89. The van der Waals surface area contributed by atoms with Crippen molar-refractivity contribution in [2.45, 2.75) is 0 Å². The molecule has 7 heteroatoms. The Morgan fingerprint density at radius 3 is 2.93 bits per heavy atom. The van der Waals surface area contributed by atoms with Crippen LogP contribution in [0.5, 0.6) is 0 Å². The zero-order chi connectivity index (χ0) is 10.3. The first-order valence-electron chi connectivity index (χ1n) is 3.76. The van der Waals surface area contributed by atoms with Crippen LogP contribution < -0.4 is 5.73 Å². The number of H-pyrrole nitrogens is 1. The molecule has 0 aliphatic rings. The van der Waals surface area contributed by atoms with Crippen LogP contribution >= 0.6 is 12.2 Å². The van der Waals surface area contributed by atoms with Crippen LogP contribution in [0.2, 0.25) is 0 Å². The van der Waals surface area contributed by atoms with E-state index >= 15 is 0 Å². The summed E-state index contributed by atoms with van der Waals surface area (Å²) in [4.78, 5) is 10.7. The van der Waals surface area contributed by atoms with Gasteiger partial charge in [-0.2, -0.15) is 5.26 Å². The molecule has 0 aromatic carbocycles. The standard InChI is InChI=1S/C7H6N6S/c1-13-3(2-8)10-4-5(13)11-7(9)12-6(4)14/h1H3,(H3,9,11,12,14).